The van der Waals surface area contributed by atoms with Crippen molar-refractivity contribution in [2.45, 2.75) is 33.8 Å². The molecule has 1 unspecified atom stereocenters. The molecule has 3 rings (SSSR count). The van der Waals surface area contributed by atoms with Gasteiger partial charge >= 0.3 is 0 Å². The number of carbonyl (C=O) groups excluding carboxylic acids is 1. The molecule has 2 heterocycles. The van der Waals surface area contributed by atoms with Crippen LogP contribution in [0, 0.1) is 19.8 Å². The average molecular weight is 370 g/mol. The van der Waals surface area contributed by atoms with Gasteiger partial charge in [-0.05, 0) is 56.2 Å². The van der Waals surface area contributed by atoms with Gasteiger partial charge in [-0.1, -0.05) is 13.8 Å². The van der Waals surface area contributed by atoms with Gasteiger partial charge in [-0.15, -0.1) is 0 Å². The second kappa shape index (κ2) is 8.72. The lowest BCUT2D eigenvalue weighted by Gasteiger charge is -2.33. The number of aromatic nitrogens is 1. The first-order chi connectivity index (χ1) is 12.9. The van der Waals surface area contributed by atoms with Crippen LogP contribution in [0.25, 0.3) is 5.69 Å². The van der Waals surface area contributed by atoms with E-state index >= 15 is 0 Å². The Morgan fingerprint density at radius 1 is 1.15 bits per heavy atom. The van der Waals surface area contributed by atoms with Crippen LogP contribution in [0.1, 0.15) is 35.6 Å². The summed E-state index contributed by atoms with van der Waals surface area (Å²) in [6, 6.07) is 12.0. The average Bonchev–Trinajstić information content (AvgIpc) is 2.98. The second-order valence-electron chi connectivity index (χ2n) is 7.85. The van der Waals surface area contributed by atoms with Gasteiger partial charge in [0.2, 0.25) is 0 Å². The number of morpholine rings is 1. The summed E-state index contributed by atoms with van der Waals surface area (Å²) in [7, 11) is 0. The Hall–Kier alpha value is -2.11. The number of nitrogens with one attached hydrogen (secondary N) is 1. The van der Waals surface area contributed by atoms with E-state index in [9.17, 15) is 4.79 Å². The lowest BCUT2D eigenvalue weighted by atomic mass is 10.1. The Balaban J connectivity index is 1.55. The van der Waals surface area contributed by atoms with E-state index in [4.69, 9.17) is 4.74 Å². The molecule has 0 aliphatic carbocycles. The van der Waals surface area contributed by atoms with Gasteiger partial charge in [0, 0.05) is 48.8 Å². The largest absolute Gasteiger partial charge is 0.374 e. The molecule has 0 spiro atoms. The van der Waals surface area contributed by atoms with Crippen LogP contribution in [0.4, 0.5) is 0 Å². The number of hydrogen-bond acceptors (Lipinski definition) is 3. The third-order valence-electron chi connectivity index (χ3n) is 5.00. The molecule has 27 heavy (non-hydrogen) atoms. The summed E-state index contributed by atoms with van der Waals surface area (Å²) in [5, 5.41) is 3.02. The molecule has 5 nitrogen and oxygen atoms in total. The normalized spacial score (nSPS) is 18.0. The van der Waals surface area contributed by atoms with E-state index in [1.165, 1.54) is 11.4 Å². The molecule has 1 N–H and O–H groups in total. The van der Waals surface area contributed by atoms with Gasteiger partial charge in [0.1, 0.15) is 0 Å². The Kier molecular flexibility index (Phi) is 6.34. The van der Waals surface area contributed by atoms with Crippen molar-refractivity contribution in [3.8, 4) is 5.69 Å². The highest BCUT2D eigenvalue weighted by atomic mass is 16.5. The molecule has 1 aliphatic rings. The van der Waals surface area contributed by atoms with Crippen molar-refractivity contribution >= 4 is 5.91 Å². The molecule has 0 radical (unpaired) electrons. The van der Waals surface area contributed by atoms with E-state index in [0.717, 1.165) is 31.9 Å². The van der Waals surface area contributed by atoms with Crippen LogP contribution in [0.5, 0.6) is 0 Å². The fourth-order valence-electron chi connectivity index (χ4n) is 3.73. The van der Waals surface area contributed by atoms with Crippen LogP contribution in [-0.4, -0.2) is 54.3 Å². The summed E-state index contributed by atoms with van der Waals surface area (Å²) in [5.74, 6) is 0.594. The van der Waals surface area contributed by atoms with Crippen molar-refractivity contribution in [3.05, 3.63) is 53.3 Å². The topological polar surface area (TPSA) is 46.5 Å². The standard InChI is InChI=1S/C22H31N3O2/c1-16(2)14-24-11-12-27-21(15-24)13-23-22(26)19-7-9-20(10-8-19)25-17(3)5-6-18(25)4/h5-10,16,21H,11-15H2,1-4H3,(H,23,26). The van der Waals surface area contributed by atoms with Crippen LogP contribution >= 0.6 is 0 Å². The van der Waals surface area contributed by atoms with E-state index in [1.807, 2.05) is 24.3 Å². The molecule has 2 aromatic rings. The Bertz CT molecular complexity index is 745. The van der Waals surface area contributed by atoms with Gasteiger partial charge in [0.15, 0.2) is 0 Å². The maximum absolute atomic E-state index is 12.5. The number of hydrogen-bond donors (Lipinski definition) is 1. The summed E-state index contributed by atoms with van der Waals surface area (Å²) >= 11 is 0. The third kappa shape index (κ3) is 4.99. The van der Waals surface area contributed by atoms with Gasteiger partial charge in [0.25, 0.3) is 5.91 Å². The zero-order valence-corrected chi connectivity index (χ0v) is 16.9. The number of ether oxygens (including phenoxy) is 1. The minimum Gasteiger partial charge on any atom is -0.374 e. The molecule has 1 aliphatic heterocycles. The van der Waals surface area contributed by atoms with Gasteiger partial charge in [0.05, 0.1) is 12.7 Å². The monoisotopic (exact) mass is 369 g/mol. The summed E-state index contributed by atoms with van der Waals surface area (Å²) in [6.07, 6.45) is 0.0610. The lowest BCUT2D eigenvalue weighted by Crippen LogP contribution is -2.48. The first-order valence-electron chi connectivity index (χ1n) is 9.81. The Morgan fingerprint density at radius 3 is 2.44 bits per heavy atom. The maximum Gasteiger partial charge on any atom is 0.251 e. The molecule has 5 heteroatoms. The zero-order valence-electron chi connectivity index (χ0n) is 16.9. The van der Waals surface area contributed by atoms with Crippen molar-refractivity contribution in [2.24, 2.45) is 5.92 Å². The fraction of sp³-hybridized carbons (Fsp3) is 0.500. The highest BCUT2D eigenvalue weighted by Crippen LogP contribution is 2.17. The second-order valence-corrected chi connectivity index (χ2v) is 7.85. The highest BCUT2D eigenvalue weighted by molar-refractivity contribution is 5.94. The Morgan fingerprint density at radius 2 is 1.81 bits per heavy atom. The molecule has 1 fully saturated rings. The highest BCUT2D eigenvalue weighted by Gasteiger charge is 2.21. The van der Waals surface area contributed by atoms with Gasteiger partial charge in [-0.3, -0.25) is 9.69 Å². The van der Waals surface area contributed by atoms with E-state index < -0.39 is 0 Å². The minimum atomic E-state index is -0.0490. The van der Waals surface area contributed by atoms with E-state index in [1.54, 1.807) is 0 Å². The van der Waals surface area contributed by atoms with E-state index in [0.29, 0.717) is 18.0 Å². The zero-order chi connectivity index (χ0) is 19.4. The van der Waals surface area contributed by atoms with E-state index in [-0.39, 0.29) is 12.0 Å². The third-order valence-corrected chi connectivity index (χ3v) is 5.00. The first-order valence-corrected chi connectivity index (χ1v) is 9.81. The Labute approximate surface area is 162 Å². The first kappa shape index (κ1) is 19.6. The van der Waals surface area contributed by atoms with Crippen LogP contribution < -0.4 is 5.32 Å². The maximum atomic E-state index is 12.5. The summed E-state index contributed by atoms with van der Waals surface area (Å²) in [4.78, 5) is 14.9. The number of aryl methyl sites for hydroxylation is 2. The molecule has 1 atom stereocenters. The SMILES string of the molecule is Cc1ccc(C)n1-c1ccc(C(=O)NCC2CN(CC(C)C)CCO2)cc1. The van der Waals surface area contributed by atoms with E-state index in [2.05, 4.69) is 54.6 Å². The summed E-state index contributed by atoms with van der Waals surface area (Å²) in [6.45, 7) is 12.8. The molecule has 1 amide bonds. The molecule has 1 saturated heterocycles. The predicted molar refractivity (Wildman–Crippen MR) is 109 cm³/mol. The summed E-state index contributed by atoms with van der Waals surface area (Å²) < 4.78 is 7.99. The quantitative estimate of drug-likeness (QED) is 0.851. The number of amides is 1. The summed E-state index contributed by atoms with van der Waals surface area (Å²) in [5.41, 5.74) is 4.12. The molecule has 146 valence electrons. The lowest BCUT2D eigenvalue weighted by molar-refractivity contribution is -0.0295. The number of nitrogens with zero attached hydrogens (tertiary/aromatic N) is 2. The fourth-order valence-corrected chi connectivity index (χ4v) is 3.73. The molecule has 0 bridgehead atoms. The molecular weight excluding hydrogens is 338 g/mol. The van der Waals surface area contributed by atoms with Gasteiger partial charge in [-0.25, -0.2) is 0 Å². The van der Waals surface area contributed by atoms with Crippen LogP contribution in [0.15, 0.2) is 36.4 Å². The van der Waals surface area contributed by atoms with Crippen LogP contribution in [-0.2, 0) is 4.74 Å². The molecular formula is C22H31N3O2. The van der Waals surface area contributed by atoms with Crippen molar-refractivity contribution in [1.82, 2.24) is 14.8 Å². The molecule has 1 aromatic heterocycles. The van der Waals surface area contributed by atoms with Gasteiger partial charge in [-0.2, -0.15) is 0 Å². The molecule has 0 saturated carbocycles. The minimum absolute atomic E-state index is 0.0490. The number of carbonyl (C=O) groups is 1. The van der Waals surface area contributed by atoms with Crippen molar-refractivity contribution < 1.29 is 9.53 Å². The van der Waals surface area contributed by atoms with Crippen molar-refractivity contribution in [2.75, 3.05) is 32.8 Å². The number of benzene rings is 1. The number of rotatable bonds is 6. The smallest absolute Gasteiger partial charge is 0.251 e. The van der Waals surface area contributed by atoms with Crippen LogP contribution in [0.2, 0.25) is 0 Å². The van der Waals surface area contributed by atoms with Crippen LogP contribution in [0.3, 0.4) is 0 Å². The molecule has 1 aromatic carbocycles. The van der Waals surface area contributed by atoms with Crippen molar-refractivity contribution in [3.63, 3.8) is 0 Å². The van der Waals surface area contributed by atoms with Crippen molar-refractivity contribution in [1.29, 1.82) is 0 Å². The van der Waals surface area contributed by atoms with Gasteiger partial charge < -0.3 is 14.6 Å². The predicted octanol–water partition coefficient (Wildman–Crippen LogP) is 3.18.